The van der Waals surface area contributed by atoms with Crippen LogP contribution >= 0.6 is 11.8 Å². The Bertz CT molecular complexity index is 1640. The lowest BCUT2D eigenvalue weighted by atomic mass is 9.97. The van der Waals surface area contributed by atoms with Gasteiger partial charge < -0.3 is 29.5 Å². The van der Waals surface area contributed by atoms with Crippen molar-refractivity contribution in [3.05, 3.63) is 79.9 Å². The Balaban J connectivity index is 1.49. The first-order chi connectivity index (χ1) is 24.1. The fraction of sp³-hybridized carbons (Fsp3) is 0.412. The number of nitrogens with zero attached hydrogens (tertiary/aromatic N) is 4. The van der Waals surface area contributed by atoms with Crippen LogP contribution in [0.5, 0.6) is 0 Å². The molecule has 2 fully saturated rings. The number of rotatable bonds is 10. The van der Waals surface area contributed by atoms with Gasteiger partial charge in [-0.2, -0.15) is 0 Å². The molecule has 2 N–H and O–H groups in total. The van der Waals surface area contributed by atoms with Gasteiger partial charge in [0.05, 0.1) is 43.9 Å². The highest BCUT2D eigenvalue weighted by Gasteiger charge is 2.39. The topological polar surface area (TPSA) is 220 Å². The Morgan fingerprint density at radius 2 is 1.12 bits per heavy atom. The van der Waals surface area contributed by atoms with Crippen molar-refractivity contribution in [2.45, 2.75) is 86.8 Å². The number of carbonyl (C=O) groups excluding carboxylic acids is 4. The lowest BCUT2D eigenvalue weighted by Crippen LogP contribution is -2.56. The number of aliphatic hydroxyl groups is 2. The SMILES string of the molecule is CC(=O)OC1C(O)CCN(C(=O)/C=C/c2ccc(Sc3ccc(/C=C/C(=O)N4CCC(O)C(OC(C)=O)C4C)cc3[N+](=O)[O-])c([N+](=O)[O-])c2)C1C. The van der Waals surface area contributed by atoms with E-state index in [-0.39, 0.29) is 47.1 Å². The molecule has 6 atom stereocenters. The molecule has 0 spiro atoms. The molecule has 16 nitrogen and oxygen atoms in total. The number of aliphatic hydroxyl groups excluding tert-OH is 2. The van der Waals surface area contributed by atoms with Crippen molar-refractivity contribution in [2.24, 2.45) is 0 Å². The van der Waals surface area contributed by atoms with E-state index in [2.05, 4.69) is 0 Å². The number of piperidine rings is 2. The summed E-state index contributed by atoms with van der Waals surface area (Å²) in [4.78, 5) is 74.7. The van der Waals surface area contributed by atoms with E-state index in [1.165, 1.54) is 84.3 Å². The predicted molar refractivity (Wildman–Crippen MR) is 183 cm³/mol. The van der Waals surface area contributed by atoms with Crippen LogP contribution in [-0.2, 0) is 28.7 Å². The fourth-order valence-corrected chi connectivity index (χ4v) is 7.00. The molecular weight excluding hydrogens is 688 g/mol. The molecule has 272 valence electrons. The van der Waals surface area contributed by atoms with Crippen LogP contribution in [0.25, 0.3) is 12.2 Å². The van der Waals surface area contributed by atoms with Crippen LogP contribution in [-0.4, -0.2) is 103 Å². The number of ether oxygens (including phenoxy) is 2. The highest BCUT2D eigenvalue weighted by Crippen LogP contribution is 2.40. The first-order valence-electron chi connectivity index (χ1n) is 16.0. The number of hydrogen-bond donors (Lipinski definition) is 2. The van der Waals surface area contributed by atoms with Crippen molar-refractivity contribution in [1.82, 2.24) is 9.80 Å². The molecule has 2 aliphatic heterocycles. The van der Waals surface area contributed by atoms with Gasteiger partial charge in [-0.1, -0.05) is 23.9 Å². The van der Waals surface area contributed by atoms with Crippen molar-refractivity contribution in [1.29, 1.82) is 0 Å². The van der Waals surface area contributed by atoms with E-state index in [4.69, 9.17) is 9.47 Å². The largest absolute Gasteiger partial charge is 0.458 e. The maximum Gasteiger partial charge on any atom is 0.303 e. The zero-order valence-electron chi connectivity index (χ0n) is 28.2. The van der Waals surface area contributed by atoms with Gasteiger partial charge in [0, 0.05) is 51.2 Å². The minimum Gasteiger partial charge on any atom is -0.458 e. The van der Waals surface area contributed by atoms with E-state index in [0.29, 0.717) is 11.1 Å². The molecule has 0 aliphatic carbocycles. The molecule has 0 aromatic heterocycles. The Hall–Kier alpha value is -5.13. The number of esters is 2. The Labute approximate surface area is 297 Å². The minimum atomic E-state index is -0.924. The van der Waals surface area contributed by atoms with E-state index < -0.39 is 70.1 Å². The van der Waals surface area contributed by atoms with Crippen molar-refractivity contribution >= 4 is 59.0 Å². The van der Waals surface area contributed by atoms with Crippen LogP contribution < -0.4 is 0 Å². The predicted octanol–water partition coefficient (Wildman–Crippen LogP) is 3.51. The van der Waals surface area contributed by atoms with Gasteiger partial charge in [0.1, 0.15) is 12.2 Å². The summed E-state index contributed by atoms with van der Waals surface area (Å²) in [5.74, 6) is -2.08. The third-order valence-corrected chi connectivity index (χ3v) is 9.74. The van der Waals surface area contributed by atoms with E-state index in [1.807, 2.05) is 0 Å². The van der Waals surface area contributed by atoms with Crippen LogP contribution in [0.1, 0.15) is 51.7 Å². The van der Waals surface area contributed by atoms with Crippen molar-refractivity contribution in [3.8, 4) is 0 Å². The number of nitro groups is 2. The molecule has 2 saturated heterocycles. The van der Waals surface area contributed by atoms with Crippen molar-refractivity contribution in [2.75, 3.05) is 13.1 Å². The highest BCUT2D eigenvalue weighted by atomic mass is 32.2. The van der Waals surface area contributed by atoms with Crippen LogP contribution in [0.3, 0.4) is 0 Å². The number of amides is 2. The van der Waals surface area contributed by atoms with Crippen LogP contribution in [0, 0.1) is 20.2 Å². The smallest absolute Gasteiger partial charge is 0.303 e. The first kappa shape index (κ1) is 38.7. The van der Waals surface area contributed by atoms with Gasteiger partial charge >= 0.3 is 11.9 Å². The van der Waals surface area contributed by atoms with E-state index >= 15 is 0 Å². The summed E-state index contributed by atoms with van der Waals surface area (Å²) < 4.78 is 10.4. The van der Waals surface area contributed by atoms with Gasteiger partial charge in [-0.3, -0.25) is 39.4 Å². The van der Waals surface area contributed by atoms with Gasteiger partial charge in [0.2, 0.25) is 11.8 Å². The second-order valence-electron chi connectivity index (χ2n) is 12.1. The van der Waals surface area contributed by atoms with E-state index in [1.54, 1.807) is 13.8 Å². The quantitative estimate of drug-likeness (QED) is 0.155. The standard InChI is InChI=1S/C34H38N4O12S/c1-19-33(49-21(3)39)27(41)13-15-35(19)31(43)11-7-23-5-9-29(25(17-23)37(45)46)51-30-10-6-24(18-26(30)38(47)48)8-12-32(44)36-16-14-28(42)34(20(36)2)50-22(4)40/h5-12,17-20,27-28,33-34,41-42H,13-16H2,1-4H3/b11-7+,12-8+. The molecule has 51 heavy (non-hydrogen) atoms. The average molecular weight is 727 g/mol. The Morgan fingerprint density at radius 1 is 0.745 bits per heavy atom. The summed E-state index contributed by atoms with van der Waals surface area (Å²) in [6, 6.07) is 7.11. The first-order valence-corrected chi connectivity index (χ1v) is 16.8. The summed E-state index contributed by atoms with van der Waals surface area (Å²) in [6.45, 7) is 6.13. The maximum atomic E-state index is 13.0. The van der Waals surface area contributed by atoms with E-state index in [9.17, 15) is 49.6 Å². The average Bonchev–Trinajstić information content (AvgIpc) is 3.06. The number of hydrogen-bond acceptors (Lipinski definition) is 13. The Morgan fingerprint density at radius 3 is 1.45 bits per heavy atom. The zero-order valence-corrected chi connectivity index (χ0v) is 29.1. The molecule has 2 aromatic carbocycles. The van der Waals surface area contributed by atoms with Crippen LogP contribution in [0.2, 0.25) is 0 Å². The maximum absolute atomic E-state index is 13.0. The molecule has 2 heterocycles. The van der Waals surface area contributed by atoms with Gasteiger partial charge in [-0.25, -0.2) is 0 Å². The highest BCUT2D eigenvalue weighted by molar-refractivity contribution is 7.99. The molecular formula is C34H38N4O12S. The molecule has 2 aromatic rings. The summed E-state index contributed by atoms with van der Waals surface area (Å²) in [5, 5.41) is 44.5. The lowest BCUT2D eigenvalue weighted by molar-refractivity contribution is -0.388. The summed E-state index contributed by atoms with van der Waals surface area (Å²) in [5.41, 5.74) is -0.0691. The monoisotopic (exact) mass is 726 g/mol. The number of benzene rings is 2. The third kappa shape index (κ3) is 9.56. The van der Waals surface area contributed by atoms with Crippen LogP contribution in [0.15, 0.2) is 58.3 Å². The molecule has 0 bridgehead atoms. The van der Waals surface area contributed by atoms with Gasteiger partial charge in [-0.15, -0.1) is 0 Å². The Kier molecular flexibility index (Phi) is 12.7. The van der Waals surface area contributed by atoms with Gasteiger partial charge in [-0.05, 0) is 62.1 Å². The van der Waals surface area contributed by atoms with Crippen molar-refractivity contribution < 1.29 is 48.7 Å². The van der Waals surface area contributed by atoms with E-state index in [0.717, 1.165) is 11.8 Å². The summed E-state index contributed by atoms with van der Waals surface area (Å²) >= 11 is 0.808. The van der Waals surface area contributed by atoms with Gasteiger partial charge in [0.15, 0.2) is 0 Å². The molecule has 0 saturated carbocycles. The molecule has 0 radical (unpaired) electrons. The summed E-state index contributed by atoms with van der Waals surface area (Å²) in [7, 11) is 0. The van der Waals surface area contributed by atoms with Gasteiger partial charge in [0.25, 0.3) is 11.4 Å². The fourth-order valence-electron chi connectivity index (χ4n) is 6.01. The molecule has 17 heteroatoms. The van der Waals surface area contributed by atoms with Crippen LogP contribution in [0.4, 0.5) is 11.4 Å². The zero-order chi connectivity index (χ0) is 37.6. The number of nitro benzene ring substituents is 2. The second kappa shape index (κ2) is 16.7. The summed E-state index contributed by atoms with van der Waals surface area (Å²) in [6.07, 6.45) is 1.97. The molecule has 4 rings (SSSR count). The third-order valence-electron chi connectivity index (χ3n) is 8.61. The molecule has 2 aliphatic rings. The second-order valence-corrected chi connectivity index (χ2v) is 13.2. The van der Waals surface area contributed by atoms with Crippen molar-refractivity contribution in [3.63, 3.8) is 0 Å². The lowest BCUT2D eigenvalue weighted by Gasteiger charge is -2.40. The number of likely N-dealkylation sites (tertiary alicyclic amines) is 2. The number of carbonyl (C=O) groups is 4. The molecule has 6 unspecified atom stereocenters. The molecule has 2 amide bonds. The normalized spacial score (nSPS) is 23.6. The minimum absolute atomic E-state index is 0.108.